The first kappa shape index (κ1) is 16.0. The van der Waals surface area contributed by atoms with Crippen molar-refractivity contribution in [3.63, 3.8) is 0 Å². The van der Waals surface area contributed by atoms with Crippen LogP contribution in [0.3, 0.4) is 0 Å². The molecule has 7 heteroatoms. The zero-order valence-electron chi connectivity index (χ0n) is 11.4. The van der Waals surface area contributed by atoms with Gasteiger partial charge in [0.2, 0.25) is 5.91 Å². The Morgan fingerprint density at radius 1 is 1.50 bits per heavy atom. The smallest absolute Gasteiger partial charge is 0.295 e. The molecule has 0 saturated heterocycles. The van der Waals surface area contributed by atoms with E-state index in [9.17, 15) is 19.3 Å². The van der Waals surface area contributed by atoms with Crippen LogP contribution in [-0.2, 0) is 4.79 Å². The van der Waals surface area contributed by atoms with Crippen molar-refractivity contribution in [2.45, 2.75) is 20.3 Å². The summed E-state index contributed by atoms with van der Waals surface area (Å²) in [5.41, 5.74) is 4.64. The molecule has 0 saturated carbocycles. The molecule has 1 aromatic rings. The van der Waals surface area contributed by atoms with Crippen LogP contribution in [0.1, 0.15) is 20.3 Å². The molecule has 0 spiro atoms. The van der Waals surface area contributed by atoms with Gasteiger partial charge in [0.25, 0.3) is 5.69 Å². The van der Waals surface area contributed by atoms with Crippen molar-refractivity contribution in [3.8, 4) is 0 Å². The molecule has 3 N–H and O–H groups in total. The number of nitro groups is 1. The average molecular weight is 283 g/mol. The molecule has 0 heterocycles. The number of nitrogens with two attached hydrogens (primary N) is 1. The zero-order chi connectivity index (χ0) is 15.3. The van der Waals surface area contributed by atoms with E-state index < -0.39 is 33.9 Å². The molecule has 0 fully saturated rings. The quantitative estimate of drug-likeness (QED) is 0.618. The van der Waals surface area contributed by atoms with Gasteiger partial charge in [-0.1, -0.05) is 19.9 Å². The maximum atomic E-state index is 13.7. The molecule has 0 aliphatic heterocycles. The molecular weight excluding hydrogens is 265 g/mol. The van der Waals surface area contributed by atoms with Crippen molar-refractivity contribution < 1.29 is 14.1 Å². The summed E-state index contributed by atoms with van der Waals surface area (Å²) in [4.78, 5) is 22.1. The number of amides is 1. The van der Waals surface area contributed by atoms with Gasteiger partial charge in [-0.2, -0.15) is 0 Å². The Labute approximate surface area is 116 Å². The molecule has 0 aliphatic rings. The first-order chi connectivity index (χ1) is 9.36. The third kappa shape index (κ3) is 3.99. The fourth-order valence-electron chi connectivity index (χ4n) is 1.89. The number of hydrogen-bond acceptors (Lipinski definition) is 4. The predicted octanol–water partition coefficient (Wildman–Crippen LogP) is 2.29. The lowest BCUT2D eigenvalue weighted by Gasteiger charge is -2.17. The lowest BCUT2D eigenvalue weighted by atomic mass is 9.96. The van der Waals surface area contributed by atoms with E-state index in [4.69, 9.17) is 5.73 Å². The van der Waals surface area contributed by atoms with E-state index in [-0.39, 0.29) is 12.5 Å². The average Bonchev–Trinajstić information content (AvgIpc) is 2.37. The minimum Gasteiger partial charge on any atom is -0.330 e. The maximum Gasteiger partial charge on any atom is 0.295 e. The summed E-state index contributed by atoms with van der Waals surface area (Å²) in [6.07, 6.45) is 0.532. The normalized spacial score (nSPS) is 12.2. The fourth-order valence-corrected chi connectivity index (χ4v) is 1.89. The van der Waals surface area contributed by atoms with Crippen molar-refractivity contribution in [2.24, 2.45) is 17.6 Å². The number of para-hydroxylation sites is 1. The van der Waals surface area contributed by atoms with E-state index in [1.165, 1.54) is 6.07 Å². The molecule has 20 heavy (non-hydrogen) atoms. The van der Waals surface area contributed by atoms with E-state index in [1.54, 1.807) is 0 Å². The summed E-state index contributed by atoms with van der Waals surface area (Å²) in [6.45, 7) is 3.97. The van der Waals surface area contributed by atoms with Crippen LogP contribution in [0.4, 0.5) is 15.8 Å². The molecule has 1 unspecified atom stereocenters. The second kappa shape index (κ2) is 6.95. The van der Waals surface area contributed by atoms with Gasteiger partial charge in [-0.25, -0.2) is 4.39 Å². The van der Waals surface area contributed by atoms with Crippen molar-refractivity contribution in [1.82, 2.24) is 0 Å². The summed E-state index contributed by atoms with van der Waals surface area (Å²) >= 11 is 0. The van der Waals surface area contributed by atoms with Crippen molar-refractivity contribution in [3.05, 3.63) is 34.1 Å². The van der Waals surface area contributed by atoms with Gasteiger partial charge >= 0.3 is 0 Å². The molecule has 1 aromatic carbocycles. The van der Waals surface area contributed by atoms with Crippen LogP contribution < -0.4 is 11.1 Å². The highest BCUT2D eigenvalue weighted by atomic mass is 19.1. The number of rotatable bonds is 6. The number of carbonyl (C=O) groups excluding carboxylic acids is 1. The van der Waals surface area contributed by atoms with Gasteiger partial charge in [-0.15, -0.1) is 0 Å². The van der Waals surface area contributed by atoms with Gasteiger partial charge in [0.15, 0.2) is 11.5 Å². The summed E-state index contributed by atoms with van der Waals surface area (Å²) in [6, 6.07) is 3.42. The summed E-state index contributed by atoms with van der Waals surface area (Å²) in [7, 11) is 0. The van der Waals surface area contributed by atoms with Crippen LogP contribution in [-0.4, -0.2) is 17.4 Å². The Morgan fingerprint density at radius 3 is 2.65 bits per heavy atom. The Hall–Kier alpha value is -2.02. The molecule has 0 bridgehead atoms. The van der Waals surface area contributed by atoms with Crippen LogP contribution >= 0.6 is 0 Å². The highest BCUT2D eigenvalue weighted by Crippen LogP contribution is 2.27. The van der Waals surface area contributed by atoms with Crippen molar-refractivity contribution in [1.29, 1.82) is 0 Å². The third-order valence-electron chi connectivity index (χ3n) is 2.85. The molecular formula is C13H18FN3O3. The standard InChI is InChI=1S/C13H18FN3O3/c1-8(2)6-9(7-15)13(18)16-12-10(14)4-3-5-11(12)17(19)20/h3-5,8-9H,6-7,15H2,1-2H3,(H,16,18). The molecule has 1 rings (SSSR count). The van der Waals surface area contributed by atoms with E-state index in [0.717, 1.165) is 12.1 Å². The molecule has 110 valence electrons. The van der Waals surface area contributed by atoms with E-state index >= 15 is 0 Å². The Morgan fingerprint density at radius 2 is 2.15 bits per heavy atom. The minimum absolute atomic E-state index is 0.103. The van der Waals surface area contributed by atoms with Gasteiger partial charge in [0.05, 0.1) is 10.8 Å². The van der Waals surface area contributed by atoms with Gasteiger partial charge in [-0.3, -0.25) is 14.9 Å². The fraction of sp³-hybridized carbons (Fsp3) is 0.462. The number of nitro benzene ring substituents is 1. The third-order valence-corrected chi connectivity index (χ3v) is 2.85. The largest absolute Gasteiger partial charge is 0.330 e. The van der Waals surface area contributed by atoms with E-state index in [0.29, 0.717) is 6.42 Å². The van der Waals surface area contributed by atoms with Crippen LogP contribution in [0, 0.1) is 27.8 Å². The van der Waals surface area contributed by atoms with Crippen LogP contribution in [0.15, 0.2) is 18.2 Å². The lowest BCUT2D eigenvalue weighted by Crippen LogP contribution is -2.30. The highest BCUT2D eigenvalue weighted by Gasteiger charge is 2.24. The van der Waals surface area contributed by atoms with Gasteiger partial charge in [0.1, 0.15) is 0 Å². The topological polar surface area (TPSA) is 98.3 Å². The number of anilines is 1. The minimum atomic E-state index is -0.840. The second-order valence-corrected chi connectivity index (χ2v) is 4.94. The maximum absolute atomic E-state index is 13.7. The molecule has 0 radical (unpaired) electrons. The predicted molar refractivity (Wildman–Crippen MR) is 73.7 cm³/mol. The molecule has 0 aliphatic carbocycles. The number of nitrogens with one attached hydrogen (secondary N) is 1. The van der Waals surface area contributed by atoms with Crippen LogP contribution in [0.2, 0.25) is 0 Å². The number of nitrogens with zero attached hydrogens (tertiary/aromatic N) is 1. The monoisotopic (exact) mass is 283 g/mol. The first-order valence-electron chi connectivity index (χ1n) is 6.30. The Balaban J connectivity index is 2.97. The van der Waals surface area contributed by atoms with Gasteiger partial charge < -0.3 is 11.1 Å². The second-order valence-electron chi connectivity index (χ2n) is 4.94. The van der Waals surface area contributed by atoms with Crippen LogP contribution in [0.5, 0.6) is 0 Å². The Kier molecular flexibility index (Phi) is 5.57. The first-order valence-corrected chi connectivity index (χ1v) is 6.30. The van der Waals surface area contributed by atoms with Crippen molar-refractivity contribution >= 4 is 17.3 Å². The van der Waals surface area contributed by atoms with Gasteiger partial charge in [-0.05, 0) is 18.4 Å². The van der Waals surface area contributed by atoms with Crippen molar-refractivity contribution in [2.75, 3.05) is 11.9 Å². The zero-order valence-corrected chi connectivity index (χ0v) is 11.4. The number of halogens is 1. The Bertz CT molecular complexity index is 506. The molecule has 0 aromatic heterocycles. The summed E-state index contributed by atoms with van der Waals surface area (Å²) in [5, 5.41) is 13.1. The number of carbonyl (C=O) groups is 1. The van der Waals surface area contributed by atoms with Crippen LogP contribution in [0.25, 0.3) is 0 Å². The summed E-state index contributed by atoms with van der Waals surface area (Å²) < 4.78 is 13.7. The highest BCUT2D eigenvalue weighted by molar-refractivity contribution is 5.95. The number of hydrogen-bond donors (Lipinski definition) is 2. The molecule has 1 amide bonds. The lowest BCUT2D eigenvalue weighted by molar-refractivity contribution is -0.384. The summed E-state index contributed by atoms with van der Waals surface area (Å²) in [5.74, 6) is -1.61. The number of benzene rings is 1. The van der Waals surface area contributed by atoms with E-state index in [1.807, 2.05) is 13.8 Å². The SMILES string of the molecule is CC(C)CC(CN)C(=O)Nc1c(F)cccc1[N+](=O)[O-]. The van der Waals surface area contributed by atoms with Gasteiger partial charge in [0, 0.05) is 12.6 Å². The van der Waals surface area contributed by atoms with E-state index in [2.05, 4.69) is 5.32 Å². The molecule has 6 nitrogen and oxygen atoms in total. The molecule has 1 atom stereocenters.